The van der Waals surface area contributed by atoms with Crippen molar-refractivity contribution in [1.82, 2.24) is 4.90 Å². The van der Waals surface area contributed by atoms with Crippen LogP contribution in [0.5, 0.6) is 5.75 Å². The lowest BCUT2D eigenvalue weighted by molar-refractivity contribution is -0.00180. The van der Waals surface area contributed by atoms with Crippen LogP contribution in [0.15, 0.2) is 24.3 Å². The summed E-state index contributed by atoms with van der Waals surface area (Å²) in [7, 11) is 0. The third-order valence-corrected chi connectivity index (χ3v) is 5.16. The van der Waals surface area contributed by atoms with E-state index in [1.807, 2.05) is 24.3 Å². The lowest BCUT2D eigenvalue weighted by Gasteiger charge is -2.29. The number of nitrogens with zero attached hydrogens (tertiary/aromatic N) is 1. The van der Waals surface area contributed by atoms with Crippen molar-refractivity contribution in [2.75, 3.05) is 39.5 Å². The summed E-state index contributed by atoms with van der Waals surface area (Å²) in [6, 6.07) is 7.66. The van der Waals surface area contributed by atoms with Gasteiger partial charge >= 0.3 is 17.5 Å². The summed E-state index contributed by atoms with van der Waals surface area (Å²) < 4.78 is 32.4. The number of rotatable bonds is 6. The first-order chi connectivity index (χ1) is 12.6. The Kier molecular flexibility index (Phi) is 6.84. The van der Waals surface area contributed by atoms with E-state index in [1.54, 1.807) is 0 Å². The maximum atomic E-state index is 11.0. The minimum Gasteiger partial charge on any atom is -0.491 e. The molecule has 1 N–H and O–H groups in total. The third kappa shape index (κ3) is 5.41. The summed E-state index contributed by atoms with van der Waals surface area (Å²) in [5, 5.41) is 8.92. The molecule has 0 atom stereocenters. The normalized spacial score (nSPS) is 24.4. The second kappa shape index (κ2) is 9.31. The zero-order valence-corrected chi connectivity index (χ0v) is 15.2. The summed E-state index contributed by atoms with van der Waals surface area (Å²) in [5.41, 5.74) is 1.05. The molecule has 1 amide bonds. The molecule has 0 radical (unpaired) electrons. The average Bonchev–Trinajstić information content (AvgIpc) is 2.67. The lowest BCUT2D eigenvalue weighted by Crippen LogP contribution is -2.40. The smallest absolute Gasteiger partial charge is 0.407 e. The minimum absolute atomic E-state index is 0.0711. The number of amides is 1. The summed E-state index contributed by atoms with van der Waals surface area (Å²) in [5.74, 6) is 0.820. The van der Waals surface area contributed by atoms with Crippen LogP contribution in [0.3, 0.4) is 0 Å². The largest absolute Gasteiger partial charge is 0.491 e. The molecule has 1 aromatic carbocycles. The van der Waals surface area contributed by atoms with Crippen molar-refractivity contribution in [1.29, 1.82) is 0 Å². The fourth-order valence-electron chi connectivity index (χ4n) is 2.97. The van der Waals surface area contributed by atoms with E-state index in [0.717, 1.165) is 24.2 Å². The van der Waals surface area contributed by atoms with E-state index in [4.69, 9.17) is 22.9 Å². The molecule has 0 saturated carbocycles. The second-order valence-electron chi connectivity index (χ2n) is 6.23. The van der Waals surface area contributed by atoms with Gasteiger partial charge in [-0.3, -0.25) is 8.37 Å². The number of carboxylic acid groups (broad SMARTS) is 1. The first-order valence-corrected chi connectivity index (χ1v) is 9.62. The maximum Gasteiger partial charge on any atom is 0.407 e. The number of piperidine rings is 1. The van der Waals surface area contributed by atoms with Gasteiger partial charge in [0.25, 0.3) is 0 Å². The van der Waals surface area contributed by atoms with Gasteiger partial charge in [-0.25, -0.2) is 4.79 Å². The van der Waals surface area contributed by atoms with Gasteiger partial charge in [0.05, 0.1) is 25.9 Å². The fourth-order valence-corrected chi connectivity index (χ4v) is 3.59. The summed E-state index contributed by atoms with van der Waals surface area (Å²) in [4.78, 5) is 12.3. The standard InChI is InChI=1S/C17H23NO7S/c19-17(20)18-7-5-16(6-8-18)23-10-9-22-15-3-1-13(2-4-15)14-11-24-26(21)25-12-14/h1-4,14,16H,5-12H2,(H,19,20). The molecule has 0 bridgehead atoms. The van der Waals surface area contributed by atoms with Crippen LogP contribution >= 0.6 is 0 Å². The topological polar surface area (TPSA) is 94.5 Å². The molecule has 2 fully saturated rings. The predicted octanol–water partition coefficient (Wildman–Crippen LogP) is 1.93. The molecule has 1 aromatic rings. The maximum absolute atomic E-state index is 11.0. The van der Waals surface area contributed by atoms with Crippen molar-refractivity contribution in [2.45, 2.75) is 24.9 Å². The molecule has 2 aliphatic heterocycles. The Labute approximate surface area is 154 Å². The van der Waals surface area contributed by atoms with Crippen LogP contribution in [0.4, 0.5) is 4.79 Å². The molecule has 26 heavy (non-hydrogen) atoms. The van der Waals surface area contributed by atoms with Crippen LogP contribution in [-0.4, -0.2) is 65.9 Å². The predicted molar refractivity (Wildman–Crippen MR) is 93.3 cm³/mol. The van der Waals surface area contributed by atoms with Gasteiger partial charge in [-0.15, -0.1) is 0 Å². The van der Waals surface area contributed by atoms with Gasteiger partial charge in [-0.05, 0) is 30.5 Å². The molecule has 9 heteroatoms. The zero-order valence-electron chi connectivity index (χ0n) is 14.4. The third-order valence-electron chi connectivity index (χ3n) is 4.50. The molecule has 0 aliphatic carbocycles. The molecule has 8 nitrogen and oxygen atoms in total. The van der Waals surface area contributed by atoms with Crippen molar-refractivity contribution in [3.63, 3.8) is 0 Å². The van der Waals surface area contributed by atoms with Crippen molar-refractivity contribution in [3.8, 4) is 5.75 Å². The van der Waals surface area contributed by atoms with Crippen molar-refractivity contribution < 1.29 is 31.9 Å². The molecule has 2 saturated heterocycles. The van der Waals surface area contributed by atoms with E-state index in [0.29, 0.717) is 39.5 Å². The van der Waals surface area contributed by atoms with Gasteiger partial charge in [0, 0.05) is 19.0 Å². The highest BCUT2D eigenvalue weighted by Crippen LogP contribution is 2.24. The summed E-state index contributed by atoms with van der Waals surface area (Å²) in [6.07, 6.45) is 0.664. The first kappa shape index (κ1) is 19.1. The molecule has 0 spiro atoms. The number of ether oxygens (including phenoxy) is 2. The summed E-state index contributed by atoms with van der Waals surface area (Å²) in [6.45, 7) is 2.69. The van der Waals surface area contributed by atoms with Crippen LogP contribution in [0.2, 0.25) is 0 Å². The Balaban J connectivity index is 1.34. The number of hydrogen-bond donors (Lipinski definition) is 1. The number of benzene rings is 1. The number of likely N-dealkylation sites (tertiary alicyclic amines) is 1. The van der Waals surface area contributed by atoms with Crippen molar-refractivity contribution >= 4 is 17.5 Å². The minimum atomic E-state index is -1.62. The molecule has 0 unspecified atom stereocenters. The van der Waals surface area contributed by atoms with E-state index in [9.17, 15) is 9.00 Å². The van der Waals surface area contributed by atoms with Crippen molar-refractivity contribution in [2.24, 2.45) is 0 Å². The molecule has 2 heterocycles. The number of hydrogen-bond acceptors (Lipinski definition) is 6. The molecular formula is C17H23NO7S. The SMILES string of the molecule is O=C(O)N1CCC(OCCOc2ccc(C3COS(=O)OC3)cc2)CC1. The van der Waals surface area contributed by atoms with Crippen LogP contribution in [0.25, 0.3) is 0 Å². The Hall–Kier alpha value is -1.68. The quantitative estimate of drug-likeness (QED) is 0.748. The lowest BCUT2D eigenvalue weighted by atomic mass is 10.0. The highest BCUT2D eigenvalue weighted by atomic mass is 32.2. The number of carbonyl (C=O) groups is 1. The highest BCUT2D eigenvalue weighted by molar-refractivity contribution is 7.75. The Morgan fingerprint density at radius 1 is 1.15 bits per heavy atom. The summed E-state index contributed by atoms with van der Waals surface area (Å²) >= 11 is -1.62. The molecule has 144 valence electrons. The molecular weight excluding hydrogens is 362 g/mol. The van der Waals surface area contributed by atoms with Gasteiger partial charge in [0.1, 0.15) is 12.4 Å². The van der Waals surface area contributed by atoms with Crippen molar-refractivity contribution in [3.05, 3.63) is 29.8 Å². The van der Waals surface area contributed by atoms with Gasteiger partial charge in [-0.2, -0.15) is 4.21 Å². The van der Waals surface area contributed by atoms with E-state index in [-0.39, 0.29) is 12.0 Å². The van der Waals surface area contributed by atoms with Gasteiger partial charge in [0.15, 0.2) is 0 Å². The monoisotopic (exact) mass is 385 g/mol. The first-order valence-electron chi connectivity index (χ1n) is 8.62. The van der Waals surface area contributed by atoms with Crippen LogP contribution < -0.4 is 4.74 Å². The second-order valence-corrected chi connectivity index (χ2v) is 7.11. The van der Waals surface area contributed by atoms with Crippen LogP contribution in [-0.2, 0) is 24.5 Å². The average molecular weight is 385 g/mol. The molecule has 2 aliphatic rings. The van der Waals surface area contributed by atoms with Crippen LogP contribution in [0, 0.1) is 0 Å². The Morgan fingerprint density at radius 2 is 1.81 bits per heavy atom. The Morgan fingerprint density at radius 3 is 2.42 bits per heavy atom. The van der Waals surface area contributed by atoms with Crippen LogP contribution in [0.1, 0.15) is 24.3 Å². The highest BCUT2D eigenvalue weighted by Gasteiger charge is 2.23. The van der Waals surface area contributed by atoms with E-state index in [2.05, 4.69) is 0 Å². The van der Waals surface area contributed by atoms with Gasteiger partial charge < -0.3 is 19.5 Å². The zero-order chi connectivity index (χ0) is 18.4. The molecule has 0 aromatic heterocycles. The molecule has 3 rings (SSSR count). The van der Waals surface area contributed by atoms with E-state index >= 15 is 0 Å². The van der Waals surface area contributed by atoms with Gasteiger partial charge in [-0.1, -0.05) is 12.1 Å². The Bertz CT molecular complexity index is 606. The fraction of sp³-hybridized carbons (Fsp3) is 0.588. The van der Waals surface area contributed by atoms with E-state index in [1.165, 1.54) is 4.90 Å². The van der Waals surface area contributed by atoms with Gasteiger partial charge in [0.2, 0.25) is 0 Å². The van der Waals surface area contributed by atoms with E-state index < -0.39 is 17.5 Å².